The SMILES string of the molecule is CCOc1ccc(Br)cc1/C=C/C(=O)N[C@@H](Cc1ccccc1)C(=O)O. The van der Waals surface area contributed by atoms with E-state index in [0.29, 0.717) is 12.4 Å². The lowest BCUT2D eigenvalue weighted by Gasteiger charge is -2.13. The number of carbonyl (C=O) groups is 2. The number of rotatable bonds is 8. The second-order valence-electron chi connectivity index (χ2n) is 5.54. The molecule has 0 aliphatic heterocycles. The molecule has 0 bridgehead atoms. The van der Waals surface area contributed by atoms with Crippen molar-refractivity contribution in [2.24, 2.45) is 0 Å². The average molecular weight is 418 g/mol. The fraction of sp³-hybridized carbons (Fsp3) is 0.200. The van der Waals surface area contributed by atoms with E-state index in [-0.39, 0.29) is 6.42 Å². The third-order valence-electron chi connectivity index (χ3n) is 3.58. The molecule has 2 aromatic rings. The Bertz CT molecular complexity index is 790. The number of carbonyl (C=O) groups excluding carboxylic acids is 1. The van der Waals surface area contributed by atoms with E-state index in [4.69, 9.17) is 4.74 Å². The Labute approximate surface area is 160 Å². The van der Waals surface area contributed by atoms with Crippen molar-refractivity contribution in [1.82, 2.24) is 5.32 Å². The summed E-state index contributed by atoms with van der Waals surface area (Å²) in [5.74, 6) is -0.900. The molecule has 6 heteroatoms. The van der Waals surface area contributed by atoms with E-state index in [2.05, 4.69) is 21.2 Å². The number of benzene rings is 2. The quantitative estimate of drug-likeness (QED) is 0.642. The van der Waals surface area contributed by atoms with Crippen molar-refractivity contribution in [2.75, 3.05) is 6.61 Å². The standard InChI is InChI=1S/C20H20BrNO4/c1-2-26-18-10-9-16(21)13-15(18)8-11-19(23)22-17(20(24)25)12-14-6-4-3-5-7-14/h3-11,13,17H,2,12H2,1H3,(H,22,23)(H,24,25)/b11-8+/t17-/m0/s1. The fourth-order valence-electron chi connectivity index (χ4n) is 2.37. The van der Waals surface area contributed by atoms with Crippen LogP contribution in [0.1, 0.15) is 18.1 Å². The molecule has 0 fully saturated rings. The number of hydrogen-bond acceptors (Lipinski definition) is 3. The van der Waals surface area contributed by atoms with Crippen LogP contribution < -0.4 is 10.1 Å². The fourth-order valence-corrected chi connectivity index (χ4v) is 2.75. The van der Waals surface area contributed by atoms with Crippen LogP contribution in [0.5, 0.6) is 5.75 Å². The normalized spacial score (nSPS) is 11.9. The molecule has 0 aromatic heterocycles. The maximum atomic E-state index is 12.2. The van der Waals surface area contributed by atoms with E-state index in [0.717, 1.165) is 15.6 Å². The second kappa shape index (κ2) is 9.77. The monoisotopic (exact) mass is 417 g/mol. The molecule has 0 saturated carbocycles. The number of hydrogen-bond donors (Lipinski definition) is 2. The predicted octanol–water partition coefficient (Wildman–Crippen LogP) is 3.67. The lowest BCUT2D eigenvalue weighted by atomic mass is 10.1. The molecule has 5 nitrogen and oxygen atoms in total. The number of halogens is 1. The number of carboxylic acid groups (broad SMARTS) is 1. The van der Waals surface area contributed by atoms with Gasteiger partial charge in [-0.25, -0.2) is 4.79 Å². The summed E-state index contributed by atoms with van der Waals surface area (Å²) in [6.07, 6.45) is 3.13. The molecule has 0 heterocycles. The zero-order chi connectivity index (χ0) is 18.9. The minimum Gasteiger partial charge on any atom is -0.493 e. The first-order valence-electron chi connectivity index (χ1n) is 8.17. The largest absolute Gasteiger partial charge is 0.493 e. The van der Waals surface area contributed by atoms with Crippen LogP contribution in [0.3, 0.4) is 0 Å². The maximum Gasteiger partial charge on any atom is 0.326 e. The van der Waals surface area contributed by atoms with Gasteiger partial charge in [0.25, 0.3) is 0 Å². The molecule has 136 valence electrons. The van der Waals surface area contributed by atoms with Gasteiger partial charge in [0, 0.05) is 22.5 Å². The average Bonchev–Trinajstić information content (AvgIpc) is 2.62. The van der Waals surface area contributed by atoms with E-state index in [9.17, 15) is 14.7 Å². The van der Waals surface area contributed by atoms with Gasteiger partial charge >= 0.3 is 5.97 Å². The van der Waals surface area contributed by atoms with Crippen LogP contribution in [0, 0.1) is 0 Å². The molecule has 0 unspecified atom stereocenters. The first-order valence-corrected chi connectivity index (χ1v) is 8.96. The smallest absolute Gasteiger partial charge is 0.326 e. The summed E-state index contributed by atoms with van der Waals surface area (Å²) in [5.41, 5.74) is 1.57. The van der Waals surface area contributed by atoms with E-state index in [1.165, 1.54) is 6.08 Å². The Morgan fingerprint density at radius 3 is 2.62 bits per heavy atom. The van der Waals surface area contributed by atoms with Gasteiger partial charge in [-0.1, -0.05) is 46.3 Å². The van der Waals surface area contributed by atoms with Crippen molar-refractivity contribution in [3.8, 4) is 5.75 Å². The van der Waals surface area contributed by atoms with Crippen molar-refractivity contribution < 1.29 is 19.4 Å². The number of nitrogens with one attached hydrogen (secondary N) is 1. The van der Waals surface area contributed by atoms with E-state index in [1.807, 2.05) is 49.4 Å². The van der Waals surface area contributed by atoms with Gasteiger partial charge < -0.3 is 15.2 Å². The number of amides is 1. The van der Waals surface area contributed by atoms with Gasteiger partial charge in [-0.3, -0.25) is 4.79 Å². The topological polar surface area (TPSA) is 75.6 Å². The summed E-state index contributed by atoms with van der Waals surface area (Å²) in [6.45, 7) is 2.39. The molecule has 0 spiro atoms. The first kappa shape index (κ1) is 19.7. The summed E-state index contributed by atoms with van der Waals surface area (Å²) < 4.78 is 6.38. The molecule has 2 N–H and O–H groups in total. The molecule has 1 atom stereocenters. The van der Waals surface area contributed by atoms with Gasteiger partial charge in [0.05, 0.1) is 6.61 Å². The number of ether oxygens (including phenoxy) is 1. The van der Waals surface area contributed by atoms with Gasteiger partial charge in [0.15, 0.2) is 0 Å². The van der Waals surface area contributed by atoms with Crippen molar-refractivity contribution in [3.05, 3.63) is 70.2 Å². The molecule has 2 rings (SSSR count). The molecule has 2 aromatic carbocycles. The summed E-state index contributed by atoms with van der Waals surface area (Å²) >= 11 is 3.38. The Morgan fingerprint density at radius 1 is 1.23 bits per heavy atom. The van der Waals surface area contributed by atoms with Gasteiger partial charge in [-0.2, -0.15) is 0 Å². The van der Waals surface area contributed by atoms with Crippen LogP contribution in [-0.4, -0.2) is 29.6 Å². The highest BCUT2D eigenvalue weighted by atomic mass is 79.9. The summed E-state index contributed by atoms with van der Waals surface area (Å²) in [5, 5.41) is 11.9. The van der Waals surface area contributed by atoms with Crippen molar-refractivity contribution in [3.63, 3.8) is 0 Å². The molecule has 0 saturated heterocycles. The van der Waals surface area contributed by atoms with Gasteiger partial charge in [0.1, 0.15) is 11.8 Å². The molecule has 0 aliphatic rings. The lowest BCUT2D eigenvalue weighted by molar-refractivity contribution is -0.141. The van der Waals surface area contributed by atoms with Crippen LogP contribution >= 0.6 is 15.9 Å². The van der Waals surface area contributed by atoms with Crippen LogP contribution in [0.2, 0.25) is 0 Å². The highest BCUT2D eigenvalue weighted by molar-refractivity contribution is 9.10. The zero-order valence-corrected chi connectivity index (χ0v) is 15.9. The van der Waals surface area contributed by atoms with E-state index >= 15 is 0 Å². The Hall–Kier alpha value is -2.60. The van der Waals surface area contributed by atoms with Crippen LogP contribution in [0.4, 0.5) is 0 Å². The van der Waals surface area contributed by atoms with Crippen molar-refractivity contribution in [2.45, 2.75) is 19.4 Å². The molecule has 26 heavy (non-hydrogen) atoms. The number of carboxylic acids is 1. The van der Waals surface area contributed by atoms with E-state index in [1.54, 1.807) is 12.1 Å². The minimum atomic E-state index is -1.08. The maximum absolute atomic E-state index is 12.2. The van der Waals surface area contributed by atoms with Crippen molar-refractivity contribution >= 4 is 33.9 Å². The van der Waals surface area contributed by atoms with Crippen LogP contribution in [-0.2, 0) is 16.0 Å². The third kappa shape index (κ3) is 6.04. The summed E-state index contributed by atoms with van der Waals surface area (Å²) in [4.78, 5) is 23.6. The predicted molar refractivity (Wildman–Crippen MR) is 104 cm³/mol. The van der Waals surface area contributed by atoms with Crippen molar-refractivity contribution in [1.29, 1.82) is 0 Å². The summed E-state index contributed by atoms with van der Waals surface area (Å²) in [6, 6.07) is 13.7. The van der Waals surface area contributed by atoms with Gasteiger partial charge in [-0.15, -0.1) is 0 Å². The molecular formula is C20H20BrNO4. The highest BCUT2D eigenvalue weighted by Gasteiger charge is 2.19. The first-order chi connectivity index (χ1) is 12.5. The minimum absolute atomic E-state index is 0.219. The summed E-state index contributed by atoms with van der Waals surface area (Å²) in [7, 11) is 0. The molecule has 1 amide bonds. The molecular weight excluding hydrogens is 398 g/mol. The molecule has 0 radical (unpaired) electrons. The Balaban J connectivity index is 2.07. The Kier molecular flexibility index (Phi) is 7.41. The van der Waals surface area contributed by atoms with Crippen LogP contribution in [0.15, 0.2) is 59.1 Å². The number of aliphatic carboxylic acids is 1. The van der Waals surface area contributed by atoms with Gasteiger partial charge in [-0.05, 0) is 36.8 Å². The highest BCUT2D eigenvalue weighted by Crippen LogP contribution is 2.24. The van der Waals surface area contributed by atoms with Crippen LogP contribution in [0.25, 0.3) is 6.08 Å². The van der Waals surface area contributed by atoms with E-state index < -0.39 is 17.9 Å². The zero-order valence-electron chi connectivity index (χ0n) is 14.3. The second-order valence-corrected chi connectivity index (χ2v) is 6.45. The van der Waals surface area contributed by atoms with Gasteiger partial charge in [0.2, 0.25) is 5.91 Å². The Morgan fingerprint density at radius 2 is 1.96 bits per heavy atom. The lowest BCUT2D eigenvalue weighted by Crippen LogP contribution is -2.41. The molecule has 0 aliphatic carbocycles. The third-order valence-corrected chi connectivity index (χ3v) is 4.08.